The predicted molar refractivity (Wildman–Crippen MR) is 94.4 cm³/mol. The molecule has 0 saturated carbocycles. The highest BCUT2D eigenvalue weighted by molar-refractivity contribution is 6.30. The number of hydrogen-bond donors (Lipinski definition) is 0. The molecule has 7 nitrogen and oxygen atoms in total. The molecule has 1 unspecified atom stereocenters. The second-order valence-corrected chi connectivity index (χ2v) is 6.58. The summed E-state index contributed by atoms with van der Waals surface area (Å²) in [5.74, 6) is 0.372. The average molecular weight is 378 g/mol. The number of aryl methyl sites for hydroxylation is 1. The van der Waals surface area contributed by atoms with Gasteiger partial charge >= 0.3 is 5.97 Å². The molecule has 1 aromatic carbocycles. The van der Waals surface area contributed by atoms with Gasteiger partial charge in [-0.1, -0.05) is 16.8 Å². The highest BCUT2D eigenvalue weighted by Crippen LogP contribution is 2.21. The molecular weight excluding hydrogens is 358 g/mol. The van der Waals surface area contributed by atoms with Crippen LogP contribution in [0, 0.1) is 0 Å². The first-order valence-corrected chi connectivity index (χ1v) is 8.92. The van der Waals surface area contributed by atoms with E-state index in [1.165, 1.54) is 7.11 Å². The molecule has 1 aliphatic heterocycles. The molecule has 3 rings (SSSR count). The molecule has 1 atom stereocenters. The molecule has 1 saturated heterocycles. The van der Waals surface area contributed by atoms with E-state index < -0.39 is 6.04 Å². The Morgan fingerprint density at radius 3 is 2.81 bits per heavy atom. The molecule has 2 aromatic rings. The molecule has 26 heavy (non-hydrogen) atoms. The van der Waals surface area contributed by atoms with Gasteiger partial charge in [-0.25, -0.2) is 4.79 Å². The third-order valence-electron chi connectivity index (χ3n) is 4.42. The standard InChI is InChI=1S/C18H20ClN3O4/c1-25-18(24)14-4-2-3-11-22(14)16(23)10-9-15-20-17(21-26-15)12-5-7-13(19)8-6-12/h5-8,14H,2-4,9-11H2,1H3. The Morgan fingerprint density at radius 1 is 1.31 bits per heavy atom. The highest BCUT2D eigenvalue weighted by atomic mass is 35.5. The molecule has 1 aromatic heterocycles. The van der Waals surface area contributed by atoms with Crippen molar-refractivity contribution in [1.82, 2.24) is 15.0 Å². The fraction of sp³-hybridized carbons (Fsp3) is 0.444. The first kappa shape index (κ1) is 18.4. The van der Waals surface area contributed by atoms with Gasteiger partial charge in [0, 0.05) is 30.0 Å². The van der Waals surface area contributed by atoms with Gasteiger partial charge in [0.05, 0.1) is 7.11 Å². The van der Waals surface area contributed by atoms with Gasteiger partial charge in [0.2, 0.25) is 17.6 Å². The Kier molecular flexibility index (Phi) is 5.88. The number of carbonyl (C=O) groups excluding carboxylic acids is 2. The fourth-order valence-electron chi connectivity index (χ4n) is 3.04. The van der Waals surface area contributed by atoms with Gasteiger partial charge in [0.1, 0.15) is 6.04 Å². The molecule has 1 fully saturated rings. The highest BCUT2D eigenvalue weighted by Gasteiger charge is 2.32. The van der Waals surface area contributed by atoms with Crippen molar-refractivity contribution >= 4 is 23.5 Å². The number of methoxy groups -OCH3 is 1. The number of ether oxygens (including phenoxy) is 1. The molecule has 0 spiro atoms. The number of likely N-dealkylation sites (tertiary alicyclic amines) is 1. The molecule has 0 N–H and O–H groups in total. The summed E-state index contributed by atoms with van der Waals surface area (Å²) in [5.41, 5.74) is 0.789. The number of halogens is 1. The largest absolute Gasteiger partial charge is 0.467 e. The van der Waals surface area contributed by atoms with E-state index in [1.54, 1.807) is 29.2 Å². The first-order chi connectivity index (χ1) is 12.6. The van der Waals surface area contributed by atoms with Crippen LogP contribution in [0.5, 0.6) is 0 Å². The van der Waals surface area contributed by atoms with Crippen LogP contribution in [0.1, 0.15) is 31.6 Å². The van der Waals surface area contributed by atoms with Crippen molar-refractivity contribution in [3.63, 3.8) is 0 Å². The maximum absolute atomic E-state index is 12.5. The van der Waals surface area contributed by atoms with E-state index in [0.717, 1.165) is 18.4 Å². The maximum Gasteiger partial charge on any atom is 0.328 e. The van der Waals surface area contributed by atoms with Crippen LogP contribution in [-0.4, -0.2) is 46.6 Å². The molecule has 8 heteroatoms. The minimum absolute atomic E-state index is 0.105. The Balaban J connectivity index is 1.60. The lowest BCUT2D eigenvalue weighted by molar-refractivity contribution is -0.154. The minimum atomic E-state index is -0.492. The number of carbonyl (C=O) groups is 2. The number of amides is 1. The number of nitrogens with zero attached hydrogens (tertiary/aromatic N) is 3. The summed E-state index contributed by atoms with van der Waals surface area (Å²) in [4.78, 5) is 30.3. The minimum Gasteiger partial charge on any atom is -0.467 e. The molecule has 0 aliphatic carbocycles. The Bertz CT molecular complexity index is 775. The van der Waals surface area contributed by atoms with Crippen molar-refractivity contribution in [3.8, 4) is 11.4 Å². The lowest BCUT2D eigenvalue weighted by Crippen LogP contribution is -2.48. The van der Waals surface area contributed by atoms with E-state index in [-0.39, 0.29) is 18.3 Å². The van der Waals surface area contributed by atoms with Gasteiger partial charge in [-0.05, 0) is 43.5 Å². The third kappa shape index (κ3) is 4.22. The van der Waals surface area contributed by atoms with Crippen LogP contribution in [0.25, 0.3) is 11.4 Å². The zero-order valence-electron chi connectivity index (χ0n) is 14.5. The molecule has 0 radical (unpaired) electrons. The zero-order valence-corrected chi connectivity index (χ0v) is 15.2. The van der Waals surface area contributed by atoms with Crippen molar-refractivity contribution < 1.29 is 18.8 Å². The van der Waals surface area contributed by atoms with Gasteiger partial charge in [0.25, 0.3) is 0 Å². The average Bonchev–Trinajstić information content (AvgIpc) is 3.15. The van der Waals surface area contributed by atoms with Gasteiger partial charge in [-0.15, -0.1) is 0 Å². The summed E-state index contributed by atoms with van der Waals surface area (Å²) >= 11 is 5.87. The topological polar surface area (TPSA) is 85.5 Å². The zero-order chi connectivity index (χ0) is 18.5. The van der Waals surface area contributed by atoms with Crippen LogP contribution in [0.2, 0.25) is 5.02 Å². The van der Waals surface area contributed by atoms with E-state index in [9.17, 15) is 9.59 Å². The van der Waals surface area contributed by atoms with Crippen LogP contribution < -0.4 is 0 Å². The van der Waals surface area contributed by atoms with Crippen LogP contribution >= 0.6 is 11.6 Å². The quantitative estimate of drug-likeness (QED) is 0.745. The van der Waals surface area contributed by atoms with Crippen molar-refractivity contribution in [2.45, 2.75) is 38.1 Å². The summed E-state index contributed by atoms with van der Waals surface area (Å²) in [6, 6.07) is 6.61. The second kappa shape index (κ2) is 8.31. The van der Waals surface area contributed by atoms with Crippen molar-refractivity contribution in [2.24, 2.45) is 0 Å². The van der Waals surface area contributed by atoms with Crippen LogP contribution in [0.3, 0.4) is 0 Å². The van der Waals surface area contributed by atoms with Crippen LogP contribution in [0.15, 0.2) is 28.8 Å². The number of hydrogen-bond acceptors (Lipinski definition) is 6. The predicted octanol–water partition coefficient (Wildman–Crippen LogP) is 2.88. The summed E-state index contributed by atoms with van der Waals surface area (Å²) in [7, 11) is 1.34. The number of aromatic nitrogens is 2. The molecule has 1 aliphatic rings. The number of piperidine rings is 1. The maximum atomic E-state index is 12.5. The summed E-state index contributed by atoms with van der Waals surface area (Å²) in [6.45, 7) is 0.568. The second-order valence-electron chi connectivity index (χ2n) is 6.14. The van der Waals surface area contributed by atoms with Crippen molar-refractivity contribution in [2.75, 3.05) is 13.7 Å². The SMILES string of the molecule is COC(=O)C1CCCCN1C(=O)CCc1nc(-c2ccc(Cl)cc2)no1. The normalized spacial score (nSPS) is 17.2. The molecular formula is C18H20ClN3O4. The first-order valence-electron chi connectivity index (χ1n) is 8.54. The summed E-state index contributed by atoms with van der Waals surface area (Å²) < 4.78 is 10.0. The van der Waals surface area contributed by atoms with Gasteiger partial charge in [-0.2, -0.15) is 4.98 Å². The summed E-state index contributed by atoms with van der Waals surface area (Å²) in [6.07, 6.45) is 2.97. The monoisotopic (exact) mass is 377 g/mol. The smallest absolute Gasteiger partial charge is 0.328 e. The number of benzene rings is 1. The van der Waals surface area contributed by atoms with E-state index in [0.29, 0.717) is 36.1 Å². The molecule has 2 heterocycles. The van der Waals surface area contributed by atoms with E-state index in [4.69, 9.17) is 20.9 Å². The number of rotatable bonds is 5. The summed E-state index contributed by atoms with van der Waals surface area (Å²) in [5, 5.41) is 4.56. The van der Waals surface area contributed by atoms with Crippen molar-refractivity contribution in [3.05, 3.63) is 35.2 Å². The lowest BCUT2D eigenvalue weighted by atomic mass is 10.0. The van der Waals surface area contributed by atoms with E-state index in [2.05, 4.69) is 10.1 Å². The van der Waals surface area contributed by atoms with Gasteiger partial charge in [0.15, 0.2) is 0 Å². The fourth-order valence-corrected chi connectivity index (χ4v) is 3.17. The lowest BCUT2D eigenvalue weighted by Gasteiger charge is -2.33. The Morgan fingerprint density at radius 2 is 2.08 bits per heavy atom. The van der Waals surface area contributed by atoms with Crippen molar-refractivity contribution in [1.29, 1.82) is 0 Å². The Labute approximate surface area is 156 Å². The van der Waals surface area contributed by atoms with Crippen LogP contribution in [0.4, 0.5) is 0 Å². The third-order valence-corrected chi connectivity index (χ3v) is 4.67. The van der Waals surface area contributed by atoms with E-state index in [1.807, 2.05) is 0 Å². The number of esters is 1. The van der Waals surface area contributed by atoms with Crippen LogP contribution in [-0.2, 0) is 20.7 Å². The molecule has 138 valence electrons. The molecule has 1 amide bonds. The Hall–Kier alpha value is -2.41. The van der Waals surface area contributed by atoms with E-state index >= 15 is 0 Å². The molecule has 0 bridgehead atoms. The van der Waals surface area contributed by atoms with Gasteiger partial charge in [-0.3, -0.25) is 4.79 Å². The van der Waals surface area contributed by atoms with Gasteiger partial charge < -0.3 is 14.2 Å².